The Balaban J connectivity index is 2.86. The van der Waals surface area contributed by atoms with Crippen LogP contribution < -0.4 is 5.73 Å². The third kappa shape index (κ3) is 3.39. The Bertz CT molecular complexity index is 407. The third-order valence-electron chi connectivity index (χ3n) is 3.98. The van der Waals surface area contributed by atoms with Gasteiger partial charge in [-0.25, -0.2) is 0 Å². The first-order chi connectivity index (χ1) is 8.31. The Morgan fingerprint density at radius 2 is 1.89 bits per heavy atom. The molecule has 0 aliphatic rings. The van der Waals surface area contributed by atoms with E-state index < -0.39 is 0 Å². The maximum Gasteiger partial charge on any atom is 0.0595 e. The molecule has 1 aromatic rings. The number of halogens is 2. The van der Waals surface area contributed by atoms with Crippen molar-refractivity contribution in [3.05, 3.63) is 33.8 Å². The highest BCUT2D eigenvalue weighted by Gasteiger charge is 2.32. The standard InChI is InChI=1S/C14H22Cl2N2/c1-5-14(2,18(3)4)13(17)9-10-6-7-11(15)12(16)8-10/h6-8,13H,5,9,17H2,1-4H3. The van der Waals surface area contributed by atoms with Crippen molar-refractivity contribution in [1.82, 2.24) is 4.90 Å². The molecule has 1 rings (SSSR count). The predicted octanol–water partition coefficient (Wildman–Crippen LogP) is 3.59. The van der Waals surface area contributed by atoms with Crippen molar-refractivity contribution in [2.45, 2.75) is 38.3 Å². The number of nitrogens with two attached hydrogens (primary N) is 1. The van der Waals surface area contributed by atoms with Gasteiger partial charge in [-0.2, -0.15) is 0 Å². The first-order valence-electron chi connectivity index (χ1n) is 6.18. The van der Waals surface area contributed by atoms with Crippen LogP contribution in [0.3, 0.4) is 0 Å². The summed E-state index contributed by atoms with van der Waals surface area (Å²) in [5.74, 6) is 0. The van der Waals surface area contributed by atoms with Crippen LogP contribution in [0.1, 0.15) is 25.8 Å². The van der Waals surface area contributed by atoms with Crippen molar-refractivity contribution in [3.8, 4) is 0 Å². The van der Waals surface area contributed by atoms with E-state index in [-0.39, 0.29) is 11.6 Å². The highest BCUT2D eigenvalue weighted by atomic mass is 35.5. The number of hydrogen-bond donors (Lipinski definition) is 1. The Morgan fingerprint density at radius 1 is 1.28 bits per heavy atom. The minimum Gasteiger partial charge on any atom is -0.326 e. The molecule has 2 unspecified atom stereocenters. The van der Waals surface area contributed by atoms with E-state index in [1.54, 1.807) is 0 Å². The first-order valence-corrected chi connectivity index (χ1v) is 6.93. The molecule has 0 fully saturated rings. The second-order valence-electron chi connectivity index (χ2n) is 5.16. The molecule has 2 nitrogen and oxygen atoms in total. The molecule has 0 aliphatic carbocycles. The van der Waals surface area contributed by atoms with Crippen molar-refractivity contribution < 1.29 is 0 Å². The van der Waals surface area contributed by atoms with E-state index in [2.05, 4.69) is 32.8 Å². The van der Waals surface area contributed by atoms with Crippen LogP contribution in [0, 0.1) is 0 Å². The monoisotopic (exact) mass is 288 g/mol. The smallest absolute Gasteiger partial charge is 0.0595 e. The molecular weight excluding hydrogens is 267 g/mol. The van der Waals surface area contributed by atoms with Gasteiger partial charge in [-0.1, -0.05) is 36.2 Å². The molecule has 0 aliphatic heterocycles. The molecule has 1 aromatic carbocycles. The molecule has 0 heterocycles. The van der Waals surface area contributed by atoms with E-state index in [0.717, 1.165) is 18.4 Å². The fraction of sp³-hybridized carbons (Fsp3) is 0.571. The van der Waals surface area contributed by atoms with Crippen molar-refractivity contribution in [2.75, 3.05) is 14.1 Å². The average molecular weight is 289 g/mol. The summed E-state index contributed by atoms with van der Waals surface area (Å²) in [4.78, 5) is 2.19. The molecule has 0 radical (unpaired) electrons. The largest absolute Gasteiger partial charge is 0.326 e. The summed E-state index contributed by atoms with van der Waals surface area (Å²) in [6, 6.07) is 5.76. The Hall–Kier alpha value is -0.280. The van der Waals surface area contributed by atoms with Crippen molar-refractivity contribution >= 4 is 23.2 Å². The lowest BCUT2D eigenvalue weighted by atomic mass is 9.85. The second kappa shape index (κ2) is 6.25. The minimum absolute atomic E-state index is 0.0217. The van der Waals surface area contributed by atoms with Crippen molar-refractivity contribution in [3.63, 3.8) is 0 Å². The van der Waals surface area contributed by atoms with Gasteiger partial charge in [-0.05, 0) is 51.6 Å². The number of likely N-dealkylation sites (N-methyl/N-ethyl adjacent to an activating group) is 1. The summed E-state index contributed by atoms with van der Waals surface area (Å²) in [7, 11) is 4.14. The molecule has 0 saturated carbocycles. The molecule has 0 aromatic heterocycles. The predicted molar refractivity (Wildman–Crippen MR) is 80.5 cm³/mol. The lowest BCUT2D eigenvalue weighted by Crippen LogP contribution is -2.55. The van der Waals surface area contributed by atoms with Gasteiger partial charge in [0.2, 0.25) is 0 Å². The summed E-state index contributed by atoms with van der Waals surface area (Å²) < 4.78 is 0. The second-order valence-corrected chi connectivity index (χ2v) is 5.98. The topological polar surface area (TPSA) is 29.3 Å². The molecule has 4 heteroatoms. The molecule has 0 saturated heterocycles. The van der Waals surface area contributed by atoms with Crippen LogP contribution in [0.25, 0.3) is 0 Å². The molecule has 102 valence electrons. The van der Waals surface area contributed by atoms with Crippen LogP contribution in [-0.4, -0.2) is 30.6 Å². The lowest BCUT2D eigenvalue weighted by molar-refractivity contribution is 0.131. The van der Waals surface area contributed by atoms with Gasteiger partial charge in [0.15, 0.2) is 0 Å². The first kappa shape index (κ1) is 15.8. The van der Waals surface area contributed by atoms with Gasteiger partial charge < -0.3 is 10.6 Å². The quantitative estimate of drug-likeness (QED) is 0.897. The molecule has 18 heavy (non-hydrogen) atoms. The third-order valence-corrected chi connectivity index (χ3v) is 4.71. The summed E-state index contributed by atoms with van der Waals surface area (Å²) >= 11 is 11.9. The maximum atomic E-state index is 6.37. The zero-order valence-corrected chi connectivity index (χ0v) is 13.0. The maximum absolute atomic E-state index is 6.37. The molecule has 2 atom stereocenters. The van der Waals surface area contributed by atoms with Gasteiger partial charge in [0.05, 0.1) is 10.0 Å². The number of hydrogen-bond acceptors (Lipinski definition) is 2. The molecule has 0 amide bonds. The lowest BCUT2D eigenvalue weighted by Gasteiger charge is -2.41. The van der Waals surface area contributed by atoms with Crippen molar-refractivity contribution in [1.29, 1.82) is 0 Å². The van der Waals surface area contributed by atoms with Gasteiger partial charge in [-0.3, -0.25) is 0 Å². The molecule has 2 N–H and O–H groups in total. The molecular formula is C14H22Cl2N2. The molecule has 0 spiro atoms. The van der Waals surface area contributed by atoms with Gasteiger partial charge in [0.1, 0.15) is 0 Å². The highest BCUT2D eigenvalue weighted by Crippen LogP contribution is 2.26. The summed E-state index contributed by atoms with van der Waals surface area (Å²) in [6.07, 6.45) is 1.79. The van der Waals surface area contributed by atoms with Crippen LogP contribution in [0.15, 0.2) is 18.2 Å². The number of nitrogens with zero attached hydrogens (tertiary/aromatic N) is 1. The average Bonchev–Trinajstić information content (AvgIpc) is 2.32. The van der Waals surface area contributed by atoms with E-state index in [9.17, 15) is 0 Å². The zero-order valence-electron chi connectivity index (χ0n) is 11.5. The Labute approximate surface area is 120 Å². The van der Waals surface area contributed by atoms with Crippen molar-refractivity contribution in [2.24, 2.45) is 5.73 Å². The van der Waals surface area contributed by atoms with E-state index >= 15 is 0 Å². The van der Waals surface area contributed by atoms with E-state index in [1.807, 2.05) is 18.2 Å². The van der Waals surface area contributed by atoms with E-state index in [0.29, 0.717) is 10.0 Å². The van der Waals surface area contributed by atoms with Crippen LogP contribution in [-0.2, 0) is 6.42 Å². The van der Waals surface area contributed by atoms with Crippen LogP contribution in [0.5, 0.6) is 0 Å². The zero-order chi connectivity index (χ0) is 13.9. The van der Waals surface area contributed by atoms with Crippen LogP contribution in [0.4, 0.5) is 0 Å². The SMILES string of the molecule is CCC(C)(C(N)Cc1ccc(Cl)c(Cl)c1)N(C)C. The minimum atomic E-state index is -0.0217. The fourth-order valence-electron chi connectivity index (χ4n) is 2.05. The van der Waals surface area contributed by atoms with E-state index in [1.165, 1.54) is 0 Å². The fourth-order valence-corrected chi connectivity index (χ4v) is 2.37. The van der Waals surface area contributed by atoms with E-state index in [4.69, 9.17) is 28.9 Å². The van der Waals surface area contributed by atoms with Gasteiger partial charge in [-0.15, -0.1) is 0 Å². The van der Waals surface area contributed by atoms with Gasteiger partial charge >= 0.3 is 0 Å². The summed E-state index contributed by atoms with van der Waals surface area (Å²) in [5, 5.41) is 1.17. The summed E-state index contributed by atoms with van der Waals surface area (Å²) in [6.45, 7) is 4.35. The number of rotatable bonds is 5. The number of benzene rings is 1. The molecule has 0 bridgehead atoms. The van der Waals surface area contributed by atoms with Crippen LogP contribution in [0.2, 0.25) is 10.0 Å². The Kier molecular flexibility index (Phi) is 5.47. The normalized spacial score (nSPS) is 16.7. The van der Waals surface area contributed by atoms with Gasteiger partial charge in [0.25, 0.3) is 0 Å². The van der Waals surface area contributed by atoms with Crippen LogP contribution >= 0.6 is 23.2 Å². The van der Waals surface area contributed by atoms with Gasteiger partial charge in [0, 0.05) is 11.6 Å². The Morgan fingerprint density at radius 3 is 2.33 bits per heavy atom. The highest BCUT2D eigenvalue weighted by molar-refractivity contribution is 6.42. The summed E-state index contributed by atoms with van der Waals surface area (Å²) in [5.41, 5.74) is 7.47.